The first kappa shape index (κ1) is 44.2. The minimum atomic E-state index is 0.840. The Morgan fingerprint density at radius 1 is 0.327 bits per heavy atom. The fraction of sp³-hybridized carbons (Fsp3) is 0.720. The van der Waals surface area contributed by atoms with Gasteiger partial charge in [-0.2, -0.15) is 0 Å². The zero-order valence-corrected chi connectivity index (χ0v) is 34.7. The number of hydrogen-bond acceptors (Lipinski definition) is 2. The Morgan fingerprint density at radius 2 is 0.635 bits per heavy atom. The maximum absolute atomic E-state index is 6.09. The van der Waals surface area contributed by atoms with Gasteiger partial charge in [-0.3, -0.25) is 0 Å². The van der Waals surface area contributed by atoms with Gasteiger partial charge in [0.2, 0.25) is 0 Å². The minimum Gasteiger partial charge on any atom is -0.399 e. The maximum Gasteiger partial charge on any atom is 0.0372 e. The van der Waals surface area contributed by atoms with Gasteiger partial charge in [-0.15, -0.1) is 0 Å². The summed E-state index contributed by atoms with van der Waals surface area (Å²) in [5, 5.41) is 5.17. The van der Waals surface area contributed by atoms with Crippen molar-refractivity contribution in [1.82, 2.24) is 0 Å². The van der Waals surface area contributed by atoms with Crippen molar-refractivity contribution in [3.63, 3.8) is 0 Å². The van der Waals surface area contributed by atoms with E-state index in [1.807, 2.05) is 6.07 Å². The summed E-state index contributed by atoms with van der Waals surface area (Å²) in [7, 11) is 0. The predicted molar refractivity (Wildman–Crippen MR) is 237 cm³/mol. The van der Waals surface area contributed by atoms with Gasteiger partial charge < -0.3 is 10.6 Å². The monoisotopic (exact) mass is 713 g/mol. The molecule has 0 aliphatic carbocycles. The molecule has 0 aliphatic heterocycles. The van der Waals surface area contributed by atoms with E-state index < -0.39 is 0 Å². The van der Waals surface area contributed by atoms with Crippen LogP contribution < -0.4 is 10.6 Å². The first-order chi connectivity index (χ1) is 25.7. The second-order valence-electron chi connectivity index (χ2n) is 16.6. The van der Waals surface area contributed by atoms with E-state index in [0.717, 1.165) is 5.69 Å². The molecule has 2 heteroatoms. The number of hydrogen-bond donors (Lipinski definition) is 1. The number of nitrogens with two attached hydrogens (primary N) is 1. The first-order valence-corrected chi connectivity index (χ1v) is 23.2. The Hall–Kier alpha value is -2.22. The van der Waals surface area contributed by atoms with Gasteiger partial charge in [-0.05, 0) is 70.8 Å². The molecule has 0 heterocycles. The molecular formula is C50H84N2. The molecule has 0 radical (unpaired) electrons. The highest BCUT2D eigenvalue weighted by Gasteiger charge is 2.09. The average molecular weight is 713 g/mol. The van der Waals surface area contributed by atoms with Crippen LogP contribution in [0.3, 0.4) is 0 Å². The minimum absolute atomic E-state index is 0.840. The fourth-order valence-electron chi connectivity index (χ4n) is 8.27. The van der Waals surface area contributed by atoms with Crippen molar-refractivity contribution in [2.24, 2.45) is 0 Å². The Labute approximate surface area is 323 Å². The van der Waals surface area contributed by atoms with Crippen LogP contribution >= 0.6 is 0 Å². The number of nitrogen functional groups attached to an aromatic ring is 1. The zero-order valence-electron chi connectivity index (χ0n) is 34.7. The third-order valence-electron chi connectivity index (χ3n) is 11.7. The van der Waals surface area contributed by atoms with Crippen LogP contribution in [-0.4, -0.2) is 13.1 Å². The molecule has 0 saturated heterocycles. The third kappa shape index (κ3) is 20.3. The lowest BCUT2D eigenvalue weighted by molar-refractivity contribution is 0.524. The van der Waals surface area contributed by atoms with Crippen LogP contribution in [0, 0.1) is 0 Å². The van der Waals surface area contributed by atoms with Gasteiger partial charge in [0.25, 0.3) is 0 Å². The fourth-order valence-corrected chi connectivity index (χ4v) is 8.27. The van der Waals surface area contributed by atoms with Crippen molar-refractivity contribution in [2.75, 3.05) is 23.7 Å². The van der Waals surface area contributed by atoms with Crippen LogP contribution in [0.2, 0.25) is 0 Å². The normalized spacial score (nSPS) is 11.7. The van der Waals surface area contributed by atoms with Crippen LogP contribution in [0.5, 0.6) is 0 Å². The summed E-state index contributed by atoms with van der Waals surface area (Å²) in [6, 6.07) is 18.1. The van der Waals surface area contributed by atoms with Gasteiger partial charge in [0.1, 0.15) is 0 Å². The van der Waals surface area contributed by atoms with E-state index in [4.69, 9.17) is 5.73 Å². The molecular weight excluding hydrogens is 629 g/mol. The molecule has 3 rings (SSSR count). The quantitative estimate of drug-likeness (QED) is 0.0374. The molecule has 0 spiro atoms. The van der Waals surface area contributed by atoms with E-state index in [0.29, 0.717) is 0 Å². The summed E-state index contributed by atoms with van der Waals surface area (Å²) >= 11 is 0. The maximum atomic E-state index is 6.09. The molecule has 2 N–H and O–H groups in total. The van der Waals surface area contributed by atoms with Crippen molar-refractivity contribution in [2.45, 2.75) is 219 Å². The van der Waals surface area contributed by atoms with E-state index in [1.54, 1.807) is 0 Å². The Balaban J connectivity index is 1.31. The van der Waals surface area contributed by atoms with Crippen molar-refractivity contribution < 1.29 is 0 Å². The van der Waals surface area contributed by atoms with Crippen molar-refractivity contribution >= 4 is 32.9 Å². The highest BCUT2D eigenvalue weighted by Crippen LogP contribution is 2.29. The molecule has 0 aromatic heterocycles. The lowest BCUT2D eigenvalue weighted by atomic mass is 10.0. The highest BCUT2D eigenvalue weighted by molar-refractivity contribution is 6.00. The number of anilines is 2. The summed E-state index contributed by atoms with van der Waals surface area (Å²) in [6.07, 6.45) is 45.7. The molecule has 294 valence electrons. The van der Waals surface area contributed by atoms with Crippen LogP contribution in [0.25, 0.3) is 21.5 Å². The zero-order chi connectivity index (χ0) is 36.7. The number of benzene rings is 3. The van der Waals surface area contributed by atoms with E-state index in [9.17, 15) is 0 Å². The Kier molecular flexibility index (Phi) is 25.6. The topological polar surface area (TPSA) is 29.3 Å². The summed E-state index contributed by atoms with van der Waals surface area (Å²) in [5.41, 5.74) is 8.34. The second kappa shape index (κ2) is 30.1. The molecule has 0 amide bonds. The molecule has 0 atom stereocenters. The Bertz CT molecular complexity index is 1230. The van der Waals surface area contributed by atoms with E-state index in [2.05, 4.69) is 61.2 Å². The summed E-state index contributed by atoms with van der Waals surface area (Å²) in [6.45, 7) is 6.99. The van der Waals surface area contributed by atoms with Gasteiger partial charge in [0.05, 0.1) is 0 Å². The van der Waals surface area contributed by atoms with Gasteiger partial charge >= 0.3 is 0 Å². The summed E-state index contributed by atoms with van der Waals surface area (Å²) in [5.74, 6) is 0. The van der Waals surface area contributed by atoms with Crippen molar-refractivity contribution in [3.05, 3.63) is 48.5 Å². The van der Waals surface area contributed by atoms with Crippen molar-refractivity contribution in [3.8, 4) is 0 Å². The number of unbranched alkanes of at least 4 members (excludes halogenated alkanes) is 30. The molecule has 2 nitrogen and oxygen atoms in total. The highest BCUT2D eigenvalue weighted by atomic mass is 15.1. The Morgan fingerprint density at radius 3 is 1.00 bits per heavy atom. The summed E-state index contributed by atoms with van der Waals surface area (Å²) in [4.78, 5) is 2.71. The van der Waals surface area contributed by atoms with Crippen molar-refractivity contribution in [1.29, 1.82) is 0 Å². The second-order valence-corrected chi connectivity index (χ2v) is 16.6. The largest absolute Gasteiger partial charge is 0.399 e. The molecule has 3 aromatic rings. The number of fused-ring (bicyclic) bond motifs is 2. The first-order valence-electron chi connectivity index (χ1n) is 23.2. The van der Waals surface area contributed by atoms with Crippen LogP contribution in [-0.2, 0) is 0 Å². The van der Waals surface area contributed by atoms with E-state index in [-0.39, 0.29) is 0 Å². The SMILES string of the molecule is CCCCCCCCCCCCCCCCCCN(CCCCCCCCCCCCCCCCCC)c1ccc2cc3cc(N)ccc3cc2c1. The van der Waals surface area contributed by atoms with E-state index >= 15 is 0 Å². The molecule has 0 fully saturated rings. The van der Waals surface area contributed by atoms with Gasteiger partial charge in [0, 0.05) is 24.5 Å². The average Bonchev–Trinajstić information content (AvgIpc) is 3.15. The van der Waals surface area contributed by atoms with Gasteiger partial charge in [-0.25, -0.2) is 0 Å². The number of nitrogens with zero attached hydrogens (tertiary/aromatic N) is 1. The lowest BCUT2D eigenvalue weighted by Crippen LogP contribution is -2.25. The van der Waals surface area contributed by atoms with Gasteiger partial charge in [0.15, 0.2) is 0 Å². The summed E-state index contributed by atoms with van der Waals surface area (Å²) < 4.78 is 0. The van der Waals surface area contributed by atoms with Crippen LogP contribution in [0.4, 0.5) is 11.4 Å². The third-order valence-corrected chi connectivity index (χ3v) is 11.7. The molecule has 0 saturated carbocycles. The van der Waals surface area contributed by atoms with Crippen LogP contribution in [0.15, 0.2) is 48.5 Å². The predicted octanol–water partition coefficient (Wildman–Crippen LogP) is 16.9. The van der Waals surface area contributed by atoms with Gasteiger partial charge in [-0.1, -0.05) is 219 Å². The molecule has 0 aliphatic rings. The number of rotatable bonds is 35. The van der Waals surface area contributed by atoms with Crippen LogP contribution in [0.1, 0.15) is 219 Å². The standard InChI is InChI=1S/C50H84N2/c1-3-5-7-9-11-13-15-17-19-21-23-25-27-29-31-33-39-52(40-34-32-30-28-26-24-22-20-18-16-14-12-10-8-6-4-2)50-38-36-46-41-47-43-49(51)37-35-45(47)42-48(46)44-50/h35-38,41-44H,3-34,39-40,51H2,1-2H3. The molecule has 3 aromatic carbocycles. The lowest BCUT2D eigenvalue weighted by Gasteiger charge is -2.25. The molecule has 0 bridgehead atoms. The molecule has 52 heavy (non-hydrogen) atoms. The van der Waals surface area contributed by atoms with E-state index in [1.165, 1.54) is 246 Å². The molecule has 0 unspecified atom stereocenters. The smallest absolute Gasteiger partial charge is 0.0372 e.